The molecule has 3 unspecified atom stereocenters. The summed E-state index contributed by atoms with van der Waals surface area (Å²) in [5.74, 6) is -1.56. The van der Waals surface area contributed by atoms with Crippen molar-refractivity contribution in [1.29, 1.82) is 0 Å². The lowest BCUT2D eigenvalue weighted by Gasteiger charge is -2.31. The maximum Gasteiger partial charge on any atom is 0.441 e. The molecule has 1 aliphatic heterocycles. The quantitative estimate of drug-likeness (QED) is 0.410. The fourth-order valence-corrected chi connectivity index (χ4v) is 5.33. The first-order valence-corrected chi connectivity index (χ1v) is 10.7. The van der Waals surface area contributed by atoms with Gasteiger partial charge < -0.3 is 15.0 Å². The average molecular weight is 469 g/mol. The number of rotatable bonds is 4. The van der Waals surface area contributed by atoms with Crippen LogP contribution in [0.2, 0.25) is 0 Å². The van der Waals surface area contributed by atoms with Gasteiger partial charge in [0.15, 0.2) is 11.3 Å². The van der Waals surface area contributed by atoms with Gasteiger partial charge in [-0.15, -0.1) is 9.69 Å². The Labute approximate surface area is 190 Å². The Bertz CT molecular complexity index is 1330. The van der Waals surface area contributed by atoms with Crippen LogP contribution in [0.1, 0.15) is 59.0 Å². The number of hydrogen-bond acceptors (Lipinski definition) is 8. The Morgan fingerprint density at radius 3 is 2.24 bits per heavy atom. The van der Waals surface area contributed by atoms with Gasteiger partial charge in [-0.3, -0.25) is 4.90 Å². The Morgan fingerprint density at radius 1 is 0.971 bits per heavy atom. The van der Waals surface area contributed by atoms with Crippen LogP contribution in [-0.4, -0.2) is 31.3 Å². The van der Waals surface area contributed by atoms with Crippen LogP contribution in [0.25, 0.3) is 0 Å². The number of amides is 1. The van der Waals surface area contributed by atoms with E-state index in [0.717, 1.165) is 11.1 Å². The standard InChI is InChI=1S/C22H17F2N5O5/c23-13-5-1-11-3-7-17(15(11)9-13)27-21(19-20(29(31)32)26-34-25-19)28(33-22(27)30)18-8-4-12-2-6-14(24)10-16(12)18/h1-2,5-6,9-10,17-18,21H,3-4,7-8H2. The van der Waals surface area contributed by atoms with Crippen molar-refractivity contribution in [2.24, 2.45) is 0 Å². The third kappa shape index (κ3) is 3.05. The first-order valence-electron chi connectivity index (χ1n) is 10.7. The molecule has 2 heterocycles. The Morgan fingerprint density at radius 2 is 1.59 bits per heavy atom. The van der Waals surface area contributed by atoms with Gasteiger partial charge in [0.2, 0.25) is 5.69 Å². The van der Waals surface area contributed by atoms with Crippen molar-refractivity contribution >= 4 is 11.9 Å². The van der Waals surface area contributed by atoms with Crippen molar-refractivity contribution in [2.75, 3.05) is 0 Å². The minimum Gasteiger partial charge on any atom is -0.358 e. The molecule has 3 atom stereocenters. The normalized spacial score (nSPS) is 23.8. The van der Waals surface area contributed by atoms with Gasteiger partial charge in [-0.05, 0) is 82.3 Å². The second-order valence-corrected chi connectivity index (χ2v) is 8.52. The number of carbonyl (C=O) groups is 1. The summed E-state index contributed by atoms with van der Waals surface area (Å²) in [6.07, 6.45) is 0.204. The smallest absolute Gasteiger partial charge is 0.358 e. The summed E-state index contributed by atoms with van der Waals surface area (Å²) in [5, 5.41) is 20.1. The third-order valence-corrected chi connectivity index (χ3v) is 6.76. The molecule has 1 saturated heterocycles. The fourth-order valence-electron chi connectivity index (χ4n) is 5.33. The van der Waals surface area contributed by atoms with E-state index in [4.69, 9.17) is 4.84 Å². The summed E-state index contributed by atoms with van der Waals surface area (Å²) < 4.78 is 32.8. The van der Waals surface area contributed by atoms with Crippen LogP contribution in [0.4, 0.5) is 19.4 Å². The second-order valence-electron chi connectivity index (χ2n) is 8.52. The highest BCUT2D eigenvalue weighted by Crippen LogP contribution is 2.50. The number of fused-ring (bicyclic) bond motifs is 2. The predicted molar refractivity (Wildman–Crippen MR) is 109 cm³/mol. The highest BCUT2D eigenvalue weighted by molar-refractivity contribution is 5.71. The van der Waals surface area contributed by atoms with Crippen LogP contribution in [0.15, 0.2) is 41.0 Å². The van der Waals surface area contributed by atoms with Gasteiger partial charge in [-0.2, -0.15) is 0 Å². The van der Waals surface area contributed by atoms with Crippen LogP contribution in [0, 0.1) is 21.7 Å². The Balaban J connectivity index is 1.48. The van der Waals surface area contributed by atoms with Crippen LogP contribution < -0.4 is 0 Å². The van der Waals surface area contributed by atoms with Crippen LogP contribution in [0.3, 0.4) is 0 Å². The van der Waals surface area contributed by atoms with Crippen LogP contribution >= 0.6 is 0 Å². The van der Waals surface area contributed by atoms with E-state index in [2.05, 4.69) is 14.9 Å². The number of halogens is 2. The molecule has 2 aromatic carbocycles. The summed E-state index contributed by atoms with van der Waals surface area (Å²) >= 11 is 0. The van der Waals surface area contributed by atoms with Gasteiger partial charge in [0.25, 0.3) is 0 Å². The number of hydrogen-bond donors (Lipinski definition) is 0. The molecule has 1 fully saturated rings. The molecule has 34 heavy (non-hydrogen) atoms. The molecule has 0 spiro atoms. The van der Waals surface area contributed by atoms with E-state index < -0.39 is 46.7 Å². The fraction of sp³-hybridized carbons (Fsp3) is 0.318. The number of nitro groups is 1. The summed E-state index contributed by atoms with van der Waals surface area (Å²) in [5.41, 5.74) is 2.76. The van der Waals surface area contributed by atoms with Crippen LogP contribution in [-0.2, 0) is 17.7 Å². The molecular formula is C22H17F2N5O5. The number of benzene rings is 2. The summed E-state index contributed by atoms with van der Waals surface area (Å²) in [6, 6.07) is 7.58. The first-order chi connectivity index (χ1) is 16.4. The molecule has 10 nitrogen and oxygen atoms in total. The zero-order chi connectivity index (χ0) is 23.6. The number of aromatic nitrogens is 2. The van der Waals surface area contributed by atoms with Gasteiger partial charge in [0.05, 0.1) is 12.1 Å². The largest absolute Gasteiger partial charge is 0.441 e. The summed E-state index contributed by atoms with van der Waals surface area (Å²) in [7, 11) is 0. The molecule has 0 bridgehead atoms. The van der Waals surface area contributed by atoms with Crippen molar-refractivity contribution in [1.82, 2.24) is 20.3 Å². The number of hydroxylamine groups is 2. The summed E-state index contributed by atoms with van der Waals surface area (Å²) in [4.78, 5) is 31.1. The Hall–Kier alpha value is -3.93. The highest BCUT2D eigenvalue weighted by atomic mass is 19.1. The monoisotopic (exact) mass is 469 g/mol. The molecule has 0 N–H and O–H groups in total. The van der Waals surface area contributed by atoms with E-state index in [9.17, 15) is 23.7 Å². The molecule has 12 heteroatoms. The molecular weight excluding hydrogens is 452 g/mol. The van der Waals surface area contributed by atoms with Crippen molar-refractivity contribution in [3.05, 3.63) is 86.1 Å². The van der Waals surface area contributed by atoms with E-state index in [1.54, 1.807) is 12.1 Å². The molecule has 2 aliphatic carbocycles. The number of nitrogens with zero attached hydrogens (tertiary/aromatic N) is 5. The summed E-state index contributed by atoms with van der Waals surface area (Å²) in [6.45, 7) is 0. The maximum atomic E-state index is 14.1. The Kier molecular flexibility index (Phi) is 4.59. The minimum atomic E-state index is -1.18. The lowest BCUT2D eigenvalue weighted by molar-refractivity contribution is -0.392. The van der Waals surface area contributed by atoms with Crippen molar-refractivity contribution in [3.8, 4) is 0 Å². The van der Waals surface area contributed by atoms with E-state index >= 15 is 0 Å². The molecule has 174 valence electrons. The van der Waals surface area contributed by atoms with E-state index in [1.165, 1.54) is 34.2 Å². The van der Waals surface area contributed by atoms with Crippen molar-refractivity contribution < 1.29 is 28.0 Å². The molecule has 3 aromatic rings. The van der Waals surface area contributed by atoms with Gasteiger partial charge in [-0.1, -0.05) is 12.1 Å². The molecule has 0 radical (unpaired) electrons. The lowest BCUT2D eigenvalue weighted by Crippen LogP contribution is -2.36. The lowest BCUT2D eigenvalue weighted by atomic mass is 10.0. The zero-order valence-corrected chi connectivity index (χ0v) is 17.6. The molecule has 0 saturated carbocycles. The molecule has 1 amide bonds. The predicted octanol–water partition coefficient (Wildman–Crippen LogP) is 4.30. The highest BCUT2D eigenvalue weighted by Gasteiger charge is 2.54. The minimum absolute atomic E-state index is 0.217. The van der Waals surface area contributed by atoms with Crippen molar-refractivity contribution in [2.45, 2.75) is 43.9 Å². The number of aryl methyl sites for hydroxylation is 2. The zero-order valence-electron chi connectivity index (χ0n) is 17.6. The van der Waals surface area contributed by atoms with Gasteiger partial charge >= 0.3 is 11.9 Å². The van der Waals surface area contributed by atoms with Crippen molar-refractivity contribution in [3.63, 3.8) is 0 Å². The van der Waals surface area contributed by atoms with Gasteiger partial charge in [0, 0.05) is 0 Å². The van der Waals surface area contributed by atoms with E-state index in [0.29, 0.717) is 36.8 Å². The number of carbonyl (C=O) groups excluding carboxylic acids is 1. The van der Waals surface area contributed by atoms with E-state index in [1.807, 2.05) is 0 Å². The second kappa shape index (κ2) is 7.55. The maximum absolute atomic E-state index is 14.1. The van der Waals surface area contributed by atoms with Crippen LogP contribution in [0.5, 0.6) is 0 Å². The van der Waals surface area contributed by atoms with Gasteiger partial charge in [0.1, 0.15) is 11.6 Å². The SMILES string of the molecule is O=C1ON(C2CCc3ccc(F)cc32)C(c2nonc2[N+](=O)[O-])N1C1CCc2ccc(F)cc21. The first kappa shape index (κ1) is 20.7. The third-order valence-electron chi connectivity index (χ3n) is 6.76. The molecule has 3 aliphatic rings. The van der Waals surface area contributed by atoms with Gasteiger partial charge in [-0.25, -0.2) is 13.6 Å². The van der Waals surface area contributed by atoms with E-state index in [-0.39, 0.29) is 5.69 Å². The molecule has 6 rings (SSSR count). The topological polar surface area (TPSA) is 115 Å². The molecule has 1 aromatic heterocycles. The average Bonchev–Trinajstić information content (AvgIpc) is 3.57.